The molecule has 0 aliphatic heterocycles. The molecule has 2 atom stereocenters. The minimum atomic E-state index is -0.400. The molecule has 0 aromatic carbocycles. The molecule has 6 heteroatoms. The van der Waals surface area contributed by atoms with Crippen LogP contribution in [0.4, 0.5) is 4.79 Å². The number of aryl methyl sites for hydroxylation is 2. The van der Waals surface area contributed by atoms with Gasteiger partial charge in [0.05, 0.1) is 18.3 Å². The Morgan fingerprint density at radius 2 is 2.30 bits per heavy atom. The van der Waals surface area contributed by atoms with Crippen molar-refractivity contribution in [2.45, 2.75) is 57.6 Å². The molecule has 1 saturated carbocycles. The third-order valence-electron chi connectivity index (χ3n) is 3.89. The molecule has 1 aromatic heterocycles. The summed E-state index contributed by atoms with van der Waals surface area (Å²) in [5, 5.41) is 22.4. The second kappa shape index (κ2) is 7.28. The maximum atomic E-state index is 11.7. The molecule has 0 saturated heterocycles. The number of nitrogens with zero attached hydrogens (tertiary/aromatic N) is 1. The number of carbonyl (C=O) groups excluding carboxylic acids is 1. The number of nitrogens with one attached hydrogen (secondary N) is 3. The number of H-pyrrole nitrogens is 1. The highest BCUT2D eigenvalue weighted by molar-refractivity contribution is 5.74. The molecule has 2 unspecified atom stereocenters. The first-order valence-corrected chi connectivity index (χ1v) is 7.38. The third-order valence-corrected chi connectivity index (χ3v) is 3.89. The molecule has 0 spiro atoms. The number of aliphatic hydroxyl groups is 1. The molecule has 20 heavy (non-hydrogen) atoms. The Balaban J connectivity index is 1.61. The zero-order valence-electron chi connectivity index (χ0n) is 12.0. The third kappa shape index (κ3) is 4.23. The van der Waals surface area contributed by atoms with Gasteiger partial charge in [-0.2, -0.15) is 5.10 Å². The van der Waals surface area contributed by atoms with Gasteiger partial charge in [0, 0.05) is 12.2 Å². The number of hydrogen-bond acceptors (Lipinski definition) is 3. The van der Waals surface area contributed by atoms with E-state index in [1.165, 1.54) is 5.56 Å². The Kier molecular flexibility index (Phi) is 5.40. The molecule has 1 aromatic rings. The summed E-state index contributed by atoms with van der Waals surface area (Å²) < 4.78 is 0. The minimum Gasteiger partial charge on any atom is -0.391 e. The molecule has 0 radical (unpaired) electrons. The average molecular weight is 280 g/mol. The average Bonchev–Trinajstić information content (AvgIpc) is 2.83. The topological polar surface area (TPSA) is 90.0 Å². The summed E-state index contributed by atoms with van der Waals surface area (Å²) in [6.45, 7) is 2.62. The Morgan fingerprint density at radius 1 is 1.50 bits per heavy atom. The SMILES string of the molecule is Cc1[nH]ncc1CCCNC(=O)NC1CCCCC1O. The van der Waals surface area contributed by atoms with Crippen LogP contribution in [0, 0.1) is 6.92 Å². The maximum absolute atomic E-state index is 11.7. The van der Waals surface area contributed by atoms with Crippen LogP contribution in [0.15, 0.2) is 6.20 Å². The Bertz CT molecular complexity index is 433. The van der Waals surface area contributed by atoms with E-state index in [9.17, 15) is 9.90 Å². The Morgan fingerprint density at radius 3 is 3.00 bits per heavy atom. The number of urea groups is 1. The van der Waals surface area contributed by atoms with Gasteiger partial charge in [-0.15, -0.1) is 0 Å². The van der Waals surface area contributed by atoms with Gasteiger partial charge in [0.25, 0.3) is 0 Å². The van der Waals surface area contributed by atoms with Crippen LogP contribution in [-0.2, 0) is 6.42 Å². The summed E-state index contributed by atoms with van der Waals surface area (Å²) in [7, 11) is 0. The monoisotopic (exact) mass is 280 g/mol. The summed E-state index contributed by atoms with van der Waals surface area (Å²) in [6.07, 6.45) is 6.96. The van der Waals surface area contributed by atoms with Crippen molar-refractivity contribution in [3.8, 4) is 0 Å². The van der Waals surface area contributed by atoms with Gasteiger partial charge in [0.1, 0.15) is 0 Å². The van der Waals surface area contributed by atoms with Gasteiger partial charge in [-0.1, -0.05) is 12.8 Å². The van der Waals surface area contributed by atoms with E-state index in [1.807, 2.05) is 13.1 Å². The lowest BCUT2D eigenvalue weighted by atomic mass is 9.93. The summed E-state index contributed by atoms with van der Waals surface area (Å²) in [4.78, 5) is 11.7. The van der Waals surface area contributed by atoms with Gasteiger partial charge >= 0.3 is 6.03 Å². The lowest BCUT2D eigenvalue weighted by molar-refractivity contribution is 0.0943. The molecule has 112 valence electrons. The van der Waals surface area contributed by atoms with E-state index in [-0.39, 0.29) is 12.1 Å². The number of hydrogen-bond donors (Lipinski definition) is 4. The predicted molar refractivity (Wildman–Crippen MR) is 76.4 cm³/mol. The van der Waals surface area contributed by atoms with E-state index in [2.05, 4.69) is 20.8 Å². The fourth-order valence-corrected chi connectivity index (χ4v) is 2.61. The van der Waals surface area contributed by atoms with Crippen molar-refractivity contribution in [1.29, 1.82) is 0 Å². The van der Waals surface area contributed by atoms with E-state index in [0.29, 0.717) is 6.54 Å². The lowest BCUT2D eigenvalue weighted by Gasteiger charge is -2.28. The second-order valence-corrected chi connectivity index (χ2v) is 5.48. The summed E-state index contributed by atoms with van der Waals surface area (Å²) >= 11 is 0. The van der Waals surface area contributed by atoms with Crippen molar-refractivity contribution in [1.82, 2.24) is 20.8 Å². The number of aromatic nitrogens is 2. The van der Waals surface area contributed by atoms with E-state index < -0.39 is 6.10 Å². The number of rotatable bonds is 5. The normalized spacial score (nSPS) is 22.5. The van der Waals surface area contributed by atoms with Gasteiger partial charge in [-0.3, -0.25) is 5.10 Å². The highest BCUT2D eigenvalue weighted by atomic mass is 16.3. The van der Waals surface area contributed by atoms with Crippen molar-refractivity contribution in [2.75, 3.05) is 6.54 Å². The molecule has 0 bridgehead atoms. The van der Waals surface area contributed by atoms with Gasteiger partial charge < -0.3 is 15.7 Å². The van der Waals surface area contributed by atoms with E-state index in [4.69, 9.17) is 0 Å². The first-order chi connectivity index (χ1) is 9.66. The van der Waals surface area contributed by atoms with Gasteiger partial charge in [0.15, 0.2) is 0 Å². The molecule has 2 rings (SSSR count). The van der Waals surface area contributed by atoms with Crippen molar-refractivity contribution in [2.24, 2.45) is 0 Å². The molecule has 1 fully saturated rings. The predicted octanol–water partition coefficient (Wildman–Crippen LogP) is 1.25. The summed E-state index contributed by atoms with van der Waals surface area (Å²) in [5.41, 5.74) is 2.27. The van der Waals surface area contributed by atoms with Crippen LogP contribution in [-0.4, -0.2) is 40.0 Å². The second-order valence-electron chi connectivity index (χ2n) is 5.48. The fraction of sp³-hybridized carbons (Fsp3) is 0.714. The summed E-state index contributed by atoms with van der Waals surface area (Å²) in [5.74, 6) is 0. The van der Waals surface area contributed by atoms with Crippen molar-refractivity contribution in [3.05, 3.63) is 17.5 Å². The van der Waals surface area contributed by atoms with Crippen molar-refractivity contribution in [3.63, 3.8) is 0 Å². The van der Waals surface area contributed by atoms with Crippen LogP contribution < -0.4 is 10.6 Å². The molecular weight excluding hydrogens is 256 g/mol. The van der Waals surface area contributed by atoms with Crippen LogP contribution >= 0.6 is 0 Å². The number of amides is 2. The summed E-state index contributed by atoms with van der Waals surface area (Å²) in [6, 6.07) is -0.278. The zero-order chi connectivity index (χ0) is 14.4. The highest BCUT2D eigenvalue weighted by Crippen LogP contribution is 2.18. The smallest absolute Gasteiger partial charge is 0.315 e. The fourth-order valence-electron chi connectivity index (χ4n) is 2.61. The number of aromatic amines is 1. The Hall–Kier alpha value is -1.56. The highest BCUT2D eigenvalue weighted by Gasteiger charge is 2.24. The van der Waals surface area contributed by atoms with Crippen molar-refractivity contribution >= 4 is 6.03 Å². The number of aliphatic hydroxyl groups excluding tert-OH is 1. The molecule has 1 aliphatic rings. The van der Waals surface area contributed by atoms with Crippen LogP contribution in [0.1, 0.15) is 43.4 Å². The van der Waals surface area contributed by atoms with Crippen LogP contribution in [0.5, 0.6) is 0 Å². The lowest BCUT2D eigenvalue weighted by Crippen LogP contribution is -2.49. The van der Waals surface area contributed by atoms with Crippen molar-refractivity contribution < 1.29 is 9.90 Å². The Labute approximate surface area is 119 Å². The molecule has 1 heterocycles. The zero-order valence-corrected chi connectivity index (χ0v) is 12.0. The minimum absolute atomic E-state index is 0.0973. The van der Waals surface area contributed by atoms with Crippen LogP contribution in [0.3, 0.4) is 0 Å². The molecule has 2 amide bonds. The first kappa shape index (κ1) is 14.8. The maximum Gasteiger partial charge on any atom is 0.315 e. The van der Waals surface area contributed by atoms with E-state index >= 15 is 0 Å². The van der Waals surface area contributed by atoms with Crippen LogP contribution in [0.2, 0.25) is 0 Å². The molecule has 1 aliphatic carbocycles. The quantitative estimate of drug-likeness (QED) is 0.612. The van der Waals surface area contributed by atoms with Gasteiger partial charge in [0.2, 0.25) is 0 Å². The van der Waals surface area contributed by atoms with E-state index in [1.54, 1.807) is 0 Å². The molecule has 6 nitrogen and oxygen atoms in total. The van der Waals surface area contributed by atoms with Gasteiger partial charge in [-0.25, -0.2) is 4.79 Å². The van der Waals surface area contributed by atoms with E-state index in [0.717, 1.165) is 44.2 Å². The largest absolute Gasteiger partial charge is 0.391 e. The molecule has 4 N–H and O–H groups in total. The standard InChI is InChI=1S/C14H24N4O2/c1-10-11(9-16-18-10)5-4-8-15-14(20)17-12-6-2-3-7-13(12)19/h9,12-13,19H,2-8H2,1H3,(H,16,18)(H2,15,17,20). The molecular formula is C14H24N4O2. The first-order valence-electron chi connectivity index (χ1n) is 7.38. The van der Waals surface area contributed by atoms with Gasteiger partial charge in [-0.05, 0) is 38.2 Å². The van der Waals surface area contributed by atoms with Crippen LogP contribution in [0.25, 0.3) is 0 Å². The number of carbonyl (C=O) groups is 1.